The van der Waals surface area contributed by atoms with Crippen LogP contribution in [0.4, 0.5) is 14.5 Å². The minimum Gasteiger partial charge on any atom is -0.493 e. The molecule has 0 heterocycles. The Hall–Kier alpha value is -3.69. The van der Waals surface area contributed by atoms with E-state index in [-0.39, 0.29) is 18.7 Å². The van der Waals surface area contributed by atoms with E-state index in [4.69, 9.17) is 9.47 Å². The molecule has 0 aliphatic rings. The lowest BCUT2D eigenvalue weighted by molar-refractivity contribution is -0.133. The van der Waals surface area contributed by atoms with Gasteiger partial charge in [-0.25, -0.2) is 8.78 Å². The number of nitrogens with zero attached hydrogens (tertiary/aromatic N) is 1. The van der Waals surface area contributed by atoms with Crippen LogP contribution in [0.25, 0.3) is 0 Å². The Morgan fingerprint density at radius 2 is 1.65 bits per heavy atom. The number of nitrogens with one attached hydrogen (secondary N) is 2. The summed E-state index contributed by atoms with van der Waals surface area (Å²) in [7, 11) is 2.90. The molecule has 0 radical (unpaired) electrons. The Bertz CT molecular complexity index is 948. The molecule has 2 N–H and O–H groups in total. The summed E-state index contributed by atoms with van der Waals surface area (Å²) in [5.41, 5.74) is -0.334. The number of likely N-dealkylation sites (N-methyl/N-ethyl adjacent to an activating group) is 1. The number of ether oxygens (including phenoxy) is 2. The van der Waals surface area contributed by atoms with Crippen LogP contribution >= 0.6 is 0 Å². The molecule has 0 aromatic heterocycles. The lowest BCUT2D eigenvalue weighted by atomic mass is 10.2. The van der Waals surface area contributed by atoms with Gasteiger partial charge < -0.3 is 25.0 Å². The highest BCUT2D eigenvalue weighted by Crippen LogP contribution is 2.27. The highest BCUT2D eigenvalue weighted by molar-refractivity contribution is 5.98. The summed E-state index contributed by atoms with van der Waals surface area (Å²) in [6, 6.07) is 7.71. The molecular formula is C21H23F2N3O5. The van der Waals surface area contributed by atoms with Crippen molar-refractivity contribution in [3.8, 4) is 11.5 Å². The number of benzene rings is 2. The summed E-state index contributed by atoms with van der Waals surface area (Å²) in [5.74, 6) is -2.89. The first-order valence-corrected chi connectivity index (χ1v) is 9.32. The van der Waals surface area contributed by atoms with Crippen LogP contribution < -0.4 is 20.1 Å². The van der Waals surface area contributed by atoms with Crippen molar-refractivity contribution in [1.82, 2.24) is 10.2 Å². The summed E-state index contributed by atoms with van der Waals surface area (Å²) in [5, 5.41) is 4.58. The van der Waals surface area contributed by atoms with Crippen molar-refractivity contribution in [2.75, 3.05) is 39.2 Å². The van der Waals surface area contributed by atoms with Crippen molar-refractivity contribution >= 4 is 23.4 Å². The molecule has 0 saturated heterocycles. The van der Waals surface area contributed by atoms with E-state index in [1.165, 1.54) is 32.4 Å². The number of carbonyl (C=O) groups excluding carboxylic acids is 3. The third-order valence-corrected chi connectivity index (χ3v) is 4.34. The predicted octanol–water partition coefficient (Wildman–Crippen LogP) is 2.20. The van der Waals surface area contributed by atoms with Crippen molar-refractivity contribution < 1.29 is 32.6 Å². The van der Waals surface area contributed by atoms with Crippen molar-refractivity contribution in [3.05, 3.63) is 53.6 Å². The van der Waals surface area contributed by atoms with Crippen molar-refractivity contribution in [3.63, 3.8) is 0 Å². The molecule has 0 saturated carbocycles. The van der Waals surface area contributed by atoms with E-state index in [0.29, 0.717) is 11.5 Å². The zero-order valence-corrected chi connectivity index (χ0v) is 17.3. The van der Waals surface area contributed by atoms with E-state index in [1.807, 2.05) is 0 Å². The second-order valence-electron chi connectivity index (χ2n) is 6.31. The fourth-order valence-corrected chi connectivity index (χ4v) is 2.69. The maximum absolute atomic E-state index is 13.7. The number of amides is 3. The molecule has 2 aromatic rings. The molecule has 10 heteroatoms. The van der Waals surface area contributed by atoms with Crippen molar-refractivity contribution in [2.24, 2.45) is 0 Å². The van der Waals surface area contributed by atoms with E-state index < -0.39 is 41.6 Å². The van der Waals surface area contributed by atoms with Gasteiger partial charge in [-0.05, 0) is 37.3 Å². The molecule has 0 bridgehead atoms. The number of para-hydroxylation sites is 1. The van der Waals surface area contributed by atoms with Gasteiger partial charge in [0.2, 0.25) is 11.8 Å². The van der Waals surface area contributed by atoms with Crippen molar-refractivity contribution in [2.45, 2.75) is 6.92 Å². The first-order valence-electron chi connectivity index (χ1n) is 9.32. The molecule has 0 spiro atoms. The van der Waals surface area contributed by atoms with Crippen molar-refractivity contribution in [1.29, 1.82) is 0 Å². The first kappa shape index (κ1) is 23.6. The Morgan fingerprint density at radius 1 is 1.00 bits per heavy atom. The monoisotopic (exact) mass is 435 g/mol. The average Bonchev–Trinajstić information content (AvgIpc) is 2.77. The second kappa shape index (κ2) is 10.9. The van der Waals surface area contributed by atoms with Gasteiger partial charge in [-0.3, -0.25) is 14.4 Å². The van der Waals surface area contributed by atoms with Crippen LogP contribution in [0.2, 0.25) is 0 Å². The van der Waals surface area contributed by atoms with Crippen LogP contribution in [-0.4, -0.2) is 56.5 Å². The molecule has 3 amide bonds. The Balaban J connectivity index is 1.95. The summed E-state index contributed by atoms with van der Waals surface area (Å²) in [6.45, 7) is 0.973. The normalized spacial score (nSPS) is 10.2. The van der Waals surface area contributed by atoms with Gasteiger partial charge in [0.25, 0.3) is 5.91 Å². The standard InChI is InChI=1S/C21H23F2N3O5/c1-4-26(12-18(27)25-20-14(22)6-5-7-15(20)23)19(28)11-24-21(29)13-8-9-16(30-2)17(10-13)31-3/h5-10H,4,11-12H2,1-3H3,(H,24,29)(H,25,27). The Morgan fingerprint density at radius 3 is 2.23 bits per heavy atom. The average molecular weight is 435 g/mol. The zero-order chi connectivity index (χ0) is 23.0. The molecule has 0 atom stereocenters. The summed E-state index contributed by atoms with van der Waals surface area (Å²) < 4.78 is 37.6. The van der Waals surface area contributed by atoms with Crippen LogP contribution in [0.3, 0.4) is 0 Å². The lowest BCUT2D eigenvalue weighted by Gasteiger charge is -2.21. The van der Waals surface area contributed by atoms with Crippen LogP contribution in [-0.2, 0) is 9.59 Å². The molecule has 8 nitrogen and oxygen atoms in total. The molecule has 0 aliphatic carbocycles. The highest BCUT2D eigenvalue weighted by atomic mass is 19.1. The van der Waals surface area contributed by atoms with Crippen LogP contribution in [0.15, 0.2) is 36.4 Å². The first-order chi connectivity index (χ1) is 14.8. The molecule has 0 unspecified atom stereocenters. The van der Waals surface area contributed by atoms with Crippen LogP contribution in [0.5, 0.6) is 11.5 Å². The predicted molar refractivity (Wildman–Crippen MR) is 109 cm³/mol. The number of carbonyl (C=O) groups is 3. The van der Waals surface area contributed by atoms with Gasteiger partial charge in [0, 0.05) is 12.1 Å². The van der Waals surface area contributed by atoms with E-state index in [9.17, 15) is 23.2 Å². The summed E-state index contributed by atoms with van der Waals surface area (Å²) >= 11 is 0. The van der Waals surface area contributed by atoms with Gasteiger partial charge in [-0.1, -0.05) is 6.07 Å². The van der Waals surface area contributed by atoms with Gasteiger partial charge in [0.15, 0.2) is 11.5 Å². The van der Waals surface area contributed by atoms with Crippen LogP contribution in [0, 0.1) is 11.6 Å². The largest absolute Gasteiger partial charge is 0.493 e. The number of halogens is 2. The van der Waals surface area contributed by atoms with E-state index >= 15 is 0 Å². The zero-order valence-electron chi connectivity index (χ0n) is 17.3. The van der Waals surface area contributed by atoms with E-state index in [2.05, 4.69) is 10.6 Å². The number of methoxy groups -OCH3 is 2. The smallest absolute Gasteiger partial charge is 0.251 e. The fourth-order valence-electron chi connectivity index (χ4n) is 2.69. The molecule has 2 aromatic carbocycles. The number of hydrogen-bond acceptors (Lipinski definition) is 5. The molecular weight excluding hydrogens is 412 g/mol. The Labute approximate surface area is 178 Å². The summed E-state index contributed by atoms with van der Waals surface area (Å²) in [6.07, 6.45) is 0. The molecule has 2 rings (SSSR count). The molecule has 0 fully saturated rings. The van der Waals surface area contributed by atoms with Gasteiger partial charge in [-0.2, -0.15) is 0 Å². The third kappa shape index (κ3) is 6.14. The van der Waals surface area contributed by atoms with Crippen LogP contribution in [0.1, 0.15) is 17.3 Å². The number of rotatable bonds is 9. The topological polar surface area (TPSA) is 97.0 Å². The fraction of sp³-hybridized carbons (Fsp3) is 0.286. The summed E-state index contributed by atoms with van der Waals surface area (Å²) in [4.78, 5) is 38.0. The van der Waals surface area contributed by atoms with Gasteiger partial charge in [-0.15, -0.1) is 0 Å². The maximum atomic E-state index is 13.7. The quantitative estimate of drug-likeness (QED) is 0.630. The van der Waals surface area contributed by atoms with E-state index in [1.54, 1.807) is 13.0 Å². The minimum absolute atomic E-state index is 0.151. The molecule has 31 heavy (non-hydrogen) atoms. The highest BCUT2D eigenvalue weighted by Gasteiger charge is 2.19. The number of anilines is 1. The number of hydrogen-bond donors (Lipinski definition) is 2. The van der Waals surface area contributed by atoms with Gasteiger partial charge in [0.05, 0.1) is 27.3 Å². The molecule has 0 aliphatic heterocycles. The maximum Gasteiger partial charge on any atom is 0.251 e. The minimum atomic E-state index is -0.926. The lowest BCUT2D eigenvalue weighted by Crippen LogP contribution is -2.43. The molecule has 166 valence electrons. The van der Waals surface area contributed by atoms with Gasteiger partial charge in [0.1, 0.15) is 17.3 Å². The SMILES string of the molecule is CCN(CC(=O)Nc1c(F)cccc1F)C(=O)CNC(=O)c1ccc(OC)c(OC)c1. The van der Waals surface area contributed by atoms with Gasteiger partial charge >= 0.3 is 0 Å². The second-order valence-corrected chi connectivity index (χ2v) is 6.31. The third-order valence-electron chi connectivity index (χ3n) is 4.34. The Kier molecular flexibility index (Phi) is 8.30. The van der Waals surface area contributed by atoms with E-state index in [0.717, 1.165) is 17.0 Å².